The number of likely N-dealkylation sites (tertiary alicyclic amines) is 1. The minimum atomic E-state index is -0.878. The molecule has 1 N–H and O–H groups in total. The largest absolute Gasteiger partial charge is 0.493 e. The van der Waals surface area contributed by atoms with E-state index in [9.17, 15) is 14.3 Å². The van der Waals surface area contributed by atoms with Gasteiger partial charge in [-0.2, -0.15) is 0 Å². The molecule has 1 unspecified atom stereocenters. The molecule has 2 atom stereocenters. The summed E-state index contributed by atoms with van der Waals surface area (Å²) >= 11 is 0. The van der Waals surface area contributed by atoms with Gasteiger partial charge in [0.1, 0.15) is 18.5 Å². The molecule has 1 aliphatic rings. The van der Waals surface area contributed by atoms with Crippen molar-refractivity contribution in [1.82, 2.24) is 4.90 Å². The maximum absolute atomic E-state index is 13.1. The summed E-state index contributed by atoms with van der Waals surface area (Å²) in [5.41, 5.74) is 1.75. The molecular weight excluding hydrogens is 361 g/mol. The molecule has 2 aromatic rings. The van der Waals surface area contributed by atoms with E-state index < -0.39 is 12.0 Å². The molecule has 0 spiro atoms. The van der Waals surface area contributed by atoms with Gasteiger partial charge in [0.2, 0.25) is 0 Å². The van der Waals surface area contributed by atoms with Crippen LogP contribution in [0.5, 0.6) is 11.5 Å². The lowest BCUT2D eigenvalue weighted by molar-refractivity contribution is -0.142. The zero-order valence-corrected chi connectivity index (χ0v) is 15.6. The number of nitrogens with zero attached hydrogens (tertiary/aromatic N) is 1. The Balaban J connectivity index is 1.82. The first-order chi connectivity index (χ1) is 13.5. The molecule has 0 amide bonds. The van der Waals surface area contributed by atoms with Gasteiger partial charge in [0.15, 0.2) is 11.5 Å². The first-order valence-electron chi connectivity index (χ1n) is 8.99. The number of ether oxygens (including phenoxy) is 2. The highest BCUT2D eigenvalue weighted by Crippen LogP contribution is 2.38. The van der Waals surface area contributed by atoms with Crippen molar-refractivity contribution in [1.29, 1.82) is 0 Å². The lowest BCUT2D eigenvalue weighted by Gasteiger charge is -2.25. The third-order valence-corrected chi connectivity index (χ3v) is 4.98. The molecule has 0 bridgehead atoms. The Morgan fingerprint density at radius 3 is 2.68 bits per heavy atom. The summed E-state index contributed by atoms with van der Waals surface area (Å²) < 4.78 is 24.0. The minimum Gasteiger partial charge on any atom is -0.493 e. The Kier molecular flexibility index (Phi) is 6.17. The molecule has 0 radical (unpaired) electrons. The van der Waals surface area contributed by atoms with Crippen LogP contribution in [-0.2, 0) is 11.3 Å². The first-order valence-corrected chi connectivity index (χ1v) is 8.99. The van der Waals surface area contributed by atoms with Crippen LogP contribution in [0.3, 0.4) is 0 Å². The summed E-state index contributed by atoms with van der Waals surface area (Å²) in [5, 5.41) is 9.85. The average molecular weight is 383 g/mol. The number of methoxy groups -OCH3 is 1. The van der Waals surface area contributed by atoms with Gasteiger partial charge in [0.25, 0.3) is 0 Å². The number of carboxylic acids is 1. The molecule has 6 heteroatoms. The molecule has 2 aromatic carbocycles. The van der Waals surface area contributed by atoms with E-state index in [1.165, 1.54) is 19.2 Å². The molecule has 1 fully saturated rings. The van der Waals surface area contributed by atoms with Crippen molar-refractivity contribution in [2.45, 2.75) is 24.9 Å². The van der Waals surface area contributed by atoms with Gasteiger partial charge in [-0.05, 0) is 41.8 Å². The van der Waals surface area contributed by atoms with Crippen LogP contribution in [0.4, 0.5) is 4.39 Å². The quantitative estimate of drug-likeness (QED) is 0.744. The van der Waals surface area contributed by atoms with Gasteiger partial charge in [-0.3, -0.25) is 9.69 Å². The number of halogens is 1. The van der Waals surface area contributed by atoms with Gasteiger partial charge in [-0.1, -0.05) is 24.1 Å². The predicted molar refractivity (Wildman–Crippen MR) is 103 cm³/mol. The smallest absolute Gasteiger partial charge is 0.321 e. The van der Waals surface area contributed by atoms with Crippen molar-refractivity contribution < 1.29 is 23.8 Å². The minimum absolute atomic E-state index is 0.127. The summed E-state index contributed by atoms with van der Waals surface area (Å²) in [6, 6.07) is 10.9. The second kappa shape index (κ2) is 8.77. The average Bonchev–Trinajstić information content (AvgIpc) is 3.11. The highest BCUT2D eigenvalue weighted by atomic mass is 19.1. The van der Waals surface area contributed by atoms with Crippen molar-refractivity contribution in [3.8, 4) is 23.8 Å². The molecule has 146 valence electrons. The summed E-state index contributed by atoms with van der Waals surface area (Å²) in [4.78, 5) is 13.9. The SMILES string of the molecule is C#CCOc1ccc(C2CCN(Cc3ccc(F)cc3)[C@@H]2C(=O)O)cc1OC. The summed E-state index contributed by atoms with van der Waals surface area (Å²) in [5.74, 6) is 2.08. The second-order valence-electron chi connectivity index (χ2n) is 6.68. The standard InChI is InChI=1S/C22H22FNO4/c1-3-12-28-19-9-6-16(13-20(19)27-2)18-10-11-24(21(18)22(25)26)14-15-4-7-17(23)8-5-15/h1,4-9,13,18,21H,10-12,14H2,2H3,(H,25,26)/t18?,21-/m0/s1. The Morgan fingerprint density at radius 2 is 2.04 bits per heavy atom. The van der Waals surface area contributed by atoms with Gasteiger partial charge in [0, 0.05) is 19.0 Å². The van der Waals surface area contributed by atoms with Crippen LogP contribution in [0.25, 0.3) is 0 Å². The second-order valence-corrected chi connectivity index (χ2v) is 6.68. The van der Waals surface area contributed by atoms with E-state index in [-0.39, 0.29) is 18.3 Å². The third-order valence-electron chi connectivity index (χ3n) is 4.98. The Bertz CT molecular complexity index is 875. The molecule has 0 saturated carbocycles. The van der Waals surface area contributed by atoms with Crippen LogP contribution >= 0.6 is 0 Å². The van der Waals surface area contributed by atoms with E-state index in [0.29, 0.717) is 31.0 Å². The highest BCUT2D eigenvalue weighted by Gasteiger charge is 2.40. The van der Waals surface area contributed by atoms with E-state index in [1.807, 2.05) is 17.0 Å². The van der Waals surface area contributed by atoms with E-state index in [0.717, 1.165) is 11.1 Å². The molecule has 0 aromatic heterocycles. The van der Waals surface area contributed by atoms with Crippen LogP contribution in [0, 0.1) is 18.2 Å². The summed E-state index contributed by atoms with van der Waals surface area (Å²) in [6.07, 6.45) is 5.93. The molecule has 28 heavy (non-hydrogen) atoms. The first kappa shape index (κ1) is 19.7. The number of carbonyl (C=O) groups is 1. The van der Waals surface area contributed by atoms with Gasteiger partial charge in [0.05, 0.1) is 7.11 Å². The predicted octanol–water partition coefficient (Wildman–Crippen LogP) is 3.29. The van der Waals surface area contributed by atoms with Crippen LogP contribution in [0.15, 0.2) is 42.5 Å². The fourth-order valence-electron chi connectivity index (χ4n) is 3.69. The van der Waals surface area contributed by atoms with E-state index in [2.05, 4.69) is 5.92 Å². The van der Waals surface area contributed by atoms with E-state index in [4.69, 9.17) is 15.9 Å². The van der Waals surface area contributed by atoms with Crippen molar-refractivity contribution in [3.63, 3.8) is 0 Å². The number of benzene rings is 2. The lowest BCUT2D eigenvalue weighted by Crippen LogP contribution is -2.38. The monoisotopic (exact) mass is 383 g/mol. The normalized spacial score (nSPS) is 19.2. The van der Waals surface area contributed by atoms with Crippen LogP contribution < -0.4 is 9.47 Å². The van der Waals surface area contributed by atoms with Crippen molar-refractivity contribution in [2.24, 2.45) is 0 Å². The van der Waals surface area contributed by atoms with Crippen LogP contribution in [0.2, 0.25) is 0 Å². The molecular formula is C22H22FNO4. The lowest BCUT2D eigenvalue weighted by atomic mass is 9.91. The number of carboxylic acid groups (broad SMARTS) is 1. The number of hydrogen-bond donors (Lipinski definition) is 1. The molecule has 1 saturated heterocycles. The van der Waals surface area contributed by atoms with Crippen molar-refractivity contribution in [3.05, 3.63) is 59.4 Å². The molecule has 1 heterocycles. The van der Waals surface area contributed by atoms with Crippen LogP contribution in [-0.4, -0.2) is 42.3 Å². The van der Waals surface area contributed by atoms with Crippen molar-refractivity contribution in [2.75, 3.05) is 20.3 Å². The summed E-state index contributed by atoms with van der Waals surface area (Å²) in [7, 11) is 1.53. The summed E-state index contributed by atoms with van der Waals surface area (Å²) in [6.45, 7) is 1.22. The van der Waals surface area contributed by atoms with Gasteiger partial charge in [-0.15, -0.1) is 6.42 Å². The molecule has 0 aliphatic carbocycles. The Morgan fingerprint density at radius 1 is 1.29 bits per heavy atom. The van der Waals surface area contributed by atoms with Gasteiger partial charge < -0.3 is 14.6 Å². The third kappa shape index (κ3) is 4.26. The highest BCUT2D eigenvalue weighted by molar-refractivity contribution is 5.75. The number of hydrogen-bond acceptors (Lipinski definition) is 4. The molecule has 5 nitrogen and oxygen atoms in total. The maximum atomic E-state index is 13.1. The number of terminal acetylenes is 1. The zero-order valence-electron chi connectivity index (χ0n) is 15.6. The van der Waals surface area contributed by atoms with E-state index in [1.54, 1.807) is 18.2 Å². The zero-order chi connectivity index (χ0) is 20.1. The Labute approximate surface area is 163 Å². The maximum Gasteiger partial charge on any atom is 0.321 e. The van der Waals surface area contributed by atoms with Crippen molar-refractivity contribution >= 4 is 5.97 Å². The van der Waals surface area contributed by atoms with Gasteiger partial charge in [-0.25, -0.2) is 4.39 Å². The number of rotatable bonds is 7. The topological polar surface area (TPSA) is 59.0 Å². The number of aliphatic carboxylic acids is 1. The van der Waals surface area contributed by atoms with E-state index >= 15 is 0 Å². The van der Waals surface area contributed by atoms with Gasteiger partial charge >= 0.3 is 5.97 Å². The molecule has 1 aliphatic heterocycles. The molecule has 3 rings (SSSR count). The fourth-order valence-corrected chi connectivity index (χ4v) is 3.69. The van der Waals surface area contributed by atoms with Crippen LogP contribution in [0.1, 0.15) is 23.5 Å². The fraction of sp³-hybridized carbons (Fsp3) is 0.318. The Hall–Kier alpha value is -3.04.